The first-order chi connectivity index (χ1) is 10.6. The van der Waals surface area contributed by atoms with Crippen molar-refractivity contribution in [2.45, 2.75) is 19.3 Å². The molecule has 2 rings (SSSR count). The first-order valence-corrected chi connectivity index (χ1v) is 8.22. The summed E-state index contributed by atoms with van der Waals surface area (Å²) in [6.45, 7) is 2.11. The molecular formula is C14H22N4O3S. The molecule has 122 valence electrons. The summed E-state index contributed by atoms with van der Waals surface area (Å²) in [5.41, 5.74) is 6.52. The van der Waals surface area contributed by atoms with Crippen molar-refractivity contribution in [1.82, 2.24) is 15.2 Å². The Bertz CT molecular complexity index is 520. The molecule has 1 aromatic rings. The van der Waals surface area contributed by atoms with E-state index in [0.29, 0.717) is 31.4 Å². The van der Waals surface area contributed by atoms with Crippen LogP contribution < -0.4 is 11.1 Å². The van der Waals surface area contributed by atoms with Gasteiger partial charge >= 0.3 is 0 Å². The van der Waals surface area contributed by atoms with Gasteiger partial charge in [-0.1, -0.05) is 0 Å². The van der Waals surface area contributed by atoms with Gasteiger partial charge in [0, 0.05) is 38.5 Å². The Kier molecular flexibility index (Phi) is 6.14. The van der Waals surface area contributed by atoms with Gasteiger partial charge in [0.05, 0.1) is 18.2 Å². The summed E-state index contributed by atoms with van der Waals surface area (Å²) in [7, 11) is 1.60. The van der Waals surface area contributed by atoms with E-state index in [4.69, 9.17) is 10.5 Å². The number of likely N-dealkylation sites (tertiary alicyclic amines) is 1. The van der Waals surface area contributed by atoms with E-state index in [-0.39, 0.29) is 24.2 Å². The lowest BCUT2D eigenvalue weighted by Crippen LogP contribution is -2.34. The highest BCUT2D eigenvalue weighted by Crippen LogP contribution is 2.17. The minimum absolute atomic E-state index is 0.0233. The van der Waals surface area contributed by atoms with Crippen LogP contribution in [0.5, 0.6) is 0 Å². The zero-order valence-electron chi connectivity index (χ0n) is 12.7. The Labute approximate surface area is 133 Å². The topological polar surface area (TPSA) is 97.6 Å². The molecule has 1 fully saturated rings. The normalized spacial score (nSPS) is 18.0. The summed E-state index contributed by atoms with van der Waals surface area (Å²) in [5.74, 6) is -0.277. The molecule has 2 heterocycles. The van der Waals surface area contributed by atoms with Crippen LogP contribution in [0.4, 0.5) is 5.13 Å². The molecule has 7 nitrogen and oxygen atoms in total. The molecule has 0 spiro atoms. The van der Waals surface area contributed by atoms with Crippen molar-refractivity contribution in [2.24, 2.45) is 5.92 Å². The predicted molar refractivity (Wildman–Crippen MR) is 84.4 cm³/mol. The number of amides is 2. The van der Waals surface area contributed by atoms with Crippen LogP contribution in [0.25, 0.3) is 0 Å². The highest BCUT2D eigenvalue weighted by atomic mass is 32.1. The molecule has 0 aromatic carbocycles. The molecule has 0 bridgehead atoms. The summed E-state index contributed by atoms with van der Waals surface area (Å²) in [6.07, 6.45) is 1.89. The number of thiazole rings is 1. The standard InChI is InChI=1S/C14H22N4O3S/c1-21-6-5-18-8-10(7-12(18)19)13(20)16-4-2-3-11-9-22-14(15)17-11/h9-10H,2-8H2,1H3,(H2,15,17)(H,16,20). The van der Waals surface area contributed by atoms with Crippen LogP contribution in [0, 0.1) is 5.92 Å². The zero-order chi connectivity index (χ0) is 15.9. The van der Waals surface area contributed by atoms with Crippen molar-refractivity contribution >= 4 is 28.3 Å². The van der Waals surface area contributed by atoms with E-state index < -0.39 is 0 Å². The van der Waals surface area contributed by atoms with E-state index in [1.165, 1.54) is 11.3 Å². The lowest BCUT2D eigenvalue weighted by atomic mass is 10.1. The van der Waals surface area contributed by atoms with Gasteiger partial charge in [-0.2, -0.15) is 0 Å². The van der Waals surface area contributed by atoms with Gasteiger partial charge in [0.1, 0.15) is 0 Å². The number of aryl methyl sites for hydroxylation is 1. The van der Waals surface area contributed by atoms with Crippen molar-refractivity contribution < 1.29 is 14.3 Å². The number of rotatable bonds is 8. The second-order valence-corrected chi connectivity index (χ2v) is 6.19. The second kappa shape index (κ2) is 8.09. The van der Waals surface area contributed by atoms with E-state index in [1.54, 1.807) is 12.0 Å². The Morgan fingerprint density at radius 2 is 2.45 bits per heavy atom. The van der Waals surface area contributed by atoms with Crippen molar-refractivity contribution in [2.75, 3.05) is 39.1 Å². The Hall–Kier alpha value is -1.67. The maximum Gasteiger partial charge on any atom is 0.225 e. The average molecular weight is 326 g/mol. The van der Waals surface area contributed by atoms with Crippen molar-refractivity contribution in [1.29, 1.82) is 0 Å². The number of anilines is 1. The maximum absolute atomic E-state index is 12.1. The highest BCUT2D eigenvalue weighted by Gasteiger charge is 2.33. The van der Waals surface area contributed by atoms with E-state index in [1.807, 2.05) is 5.38 Å². The van der Waals surface area contributed by atoms with Gasteiger partial charge in [-0.3, -0.25) is 9.59 Å². The minimum Gasteiger partial charge on any atom is -0.383 e. The van der Waals surface area contributed by atoms with Gasteiger partial charge in [0.15, 0.2) is 5.13 Å². The SMILES string of the molecule is COCCN1CC(C(=O)NCCCc2csc(N)n2)CC1=O. The van der Waals surface area contributed by atoms with Gasteiger partial charge in [-0.05, 0) is 12.8 Å². The van der Waals surface area contributed by atoms with Crippen LogP contribution in [-0.4, -0.2) is 55.0 Å². The van der Waals surface area contributed by atoms with Crippen molar-refractivity contribution in [3.8, 4) is 0 Å². The smallest absolute Gasteiger partial charge is 0.225 e. The quantitative estimate of drug-likeness (QED) is 0.668. The Morgan fingerprint density at radius 3 is 3.14 bits per heavy atom. The fraction of sp³-hybridized carbons (Fsp3) is 0.643. The number of nitrogens with zero attached hydrogens (tertiary/aromatic N) is 2. The lowest BCUT2D eigenvalue weighted by molar-refractivity contribution is -0.129. The summed E-state index contributed by atoms with van der Waals surface area (Å²) in [5, 5.41) is 5.39. The third-order valence-electron chi connectivity index (χ3n) is 3.63. The molecule has 22 heavy (non-hydrogen) atoms. The fourth-order valence-electron chi connectivity index (χ4n) is 2.43. The van der Waals surface area contributed by atoms with Gasteiger partial charge in [0.2, 0.25) is 11.8 Å². The van der Waals surface area contributed by atoms with Crippen LogP contribution in [0.2, 0.25) is 0 Å². The minimum atomic E-state index is -0.251. The predicted octanol–water partition coefficient (Wildman–Crippen LogP) is 0.269. The van der Waals surface area contributed by atoms with Crippen LogP contribution in [0.3, 0.4) is 0 Å². The molecule has 1 aromatic heterocycles. The first-order valence-electron chi connectivity index (χ1n) is 7.34. The summed E-state index contributed by atoms with van der Waals surface area (Å²) >= 11 is 1.42. The van der Waals surface area contributed by atoms with Gasteiger partial charge in [-0.25, -0.2) is 4.98 Å². The van der Waals surface area contributed by atoms with E-state index >= 15 is 0 Å². The van der Waals surface area contributed by atoms with Gasteiger partial charge < -0.3 is 20.7 Å². The first kappa shape index (κ1) is 16.7. The van der Waals surface area contributed by atoms with E-state index in [0.717, 1.165) is 18.5 Å². The second-order valence-electron chi connectivity index (χ2n) is 5.31. The summed E-state index contributed by atoms with van der Waals surface area (Å²) in [6, 6.07) is 0. The molecular weight excluding hydrogens is 304 g/mol. The third-order valence-corrected chi connectivity index (χ3v) is 4.35. The van der Waals surface area contributed by atoms with Gasteiger partial charge in [0.25, 0.3) is 0 Å². The number of nitrogen functional groups attached to an aromatic ring is 1. The van der Waals surface area contributed by atoms with E-state index in [2.05, 4.69) is 10.3 Å². The molecule has 1 unspecified atom stereocenters. The van der Waals surface area contributed by atoms with Crippen molar-refractivity contribution in [3.05, 3.63) is 11.1 Å². The monoisotopic (exact) mass is 326 g/mol. The summed E-state index contributed by atoms with van der Waals surface area (Å²) in [4.78, 5) is 29.7. The van der Waals surface area contributed by atoms with E-state index in [9.17, 15) is 9.59 Å². The molecule has 0 radical (unpaired) electrons. The maximum atomic E-state index is 12.1. The third kappa shape index (κ3) is 4.67. The number of carbonyl (C=O) groups excluding carboxylic acids is 2. The number of hydrogen-bond acceptors (Lipinski definition) is 6. The molecule has 1 atom stereocenters. The molecule has 0 aliphatic carbocycles. The number of methoxy groups -OCH3 is 1. The molecule has 1 aliphatic heterocycles. The van der Waals surface area contributed by atoms with Gasteiger partial charge in [-0.15, -0.1) is 11.3 Å². The number of nitrogens with two attached hydrogens (primary N) is 1. The molecule has 0 saturated carbocycles. The number of hydrogen-bond donors (Lipinski definition) is 2. The van der Waals surface area contributed by atoms with Crippen molar-refractivity contribution in [3.63, 3.8) is 0 Å². The molecule has 3 N–H and O–H groups in total. The number of nitrogens with one attached hydrogen (secondary N) is 1. The lowest BCUT2D eigenvalue weighted by Gasteiger charge is -2.15. The molecule has 1 aliphatic rings. The van der Waals surface area contributed by atoms with Crippen LogP contribution in [0.15, 0.2) is 5.38 Å². The largest absolute Gasteiger partial charge is 0.383 e. The Balaban J connectivity index is 1.66. The zero-order valence-corrected chi connectivity index (χ0v) is 13.5. The fourth-order valence-corrected chi connectivity index (χ4v) is 3.03. The number of ether oxygens (including phenoxy) is 1. The summed E-state index contributed by atoms with van der Waals surface area (Å²) < 4.78 is 4.96. The number of carbonyl (C=O) groups is 2. The average Bonchev–Trinajstić information content (AvgIpc) is 3.07. The molecule has 8 heteroatoms. The highest BCUT2D eigenvalue weighted by molar-refractivity contribution is 7.13. The van der Waals surface area contributed by atoms with Crippen LogP contribution in [-0.2, 0) is 20.7 Å². The molecule has 1 saturated heterocycles. The molecule has 2 amide bonds. The van der Waals surface area contributed by atoms with Crippen LogP contribution >= 0.6 is 11.3 Å². The Morgan fingerprint density at radius 1 is 1.64 bits per heavy atom. The number of aromatic nitrogens is 1. The van der Waals surface area contributed by atoms with Crippen LogP contribution in [0.1, 0.15) is 18.5 Å².